The molecule has 0 unspecified atom stereocenters. The number of urea groups is 2. The highest BCUT2D eigenvalue weighted by molar-refractivity contribution is 5.92. The third kappa shape index (κ3) is 2.76. The Balaban J connectivity index is 2.03. The van der Waals surface area contributed by atoms with Gasteiger partial charge in [0, 0.05) is 29.7 Å². The van der Waals surface area contributed by atoms with Gasteiger partial charge in [-0.25, -0.2) is 31.3 Å². The van der Waals surface area contributed by atoms with Gasteiger partial charge in [0.2, 0.25) is 0 Å². The molecule has 0 aromatic heterocycles. The molecule has 1 aliphatic rings. The topological polar surface area (TPSA) is 194 Å². The van der Waals surface area contributed by atoms with Crippen molar-refractivity contribution >= 4 is 23.4 Å². The second-order valence-electron chi connectivity index (χ2n) is 5.59. The maximum Gasteiger partial charge on any atom is 0.333 e. The predicted octanol–water partition coefficient (Wildman–Crippen LogP) is 0.312. The van der Waals surface area contributed by atoms with Crippen LogP contribution in [-0.4, -0.2) is 22.3 Å². The van der Waals surface area contributed by atoms with E-state index >= 15 is 0 Å². The smallest absolute Gasteiger partial charge is 0.333 e. The minimum absolute atomic E-state index is 0.00556. The summed E-state index contributed by atoms with van der Waals surface area (Å²) in [5.41, 5.74) is 11.3. The van der Waals surface area contributed by atoms with Crippen LogP contribution in [0.5, 0.6) is 23.0 Å². The maximum absolute atomic E-state index is 11.2. The number of carbonyl (C=O) groups is 2. The van der Waals surface area contributed by atoms with Gasteiger partial charge >= 0.3 is 12.1 Å². The number of hydrazine groups is 2. The highest BCUT2D eigenvalue weighted by Crippen LogP contribution is 2.45. The van der Waals surface area contributed by atoms with E-state index < -0.39 is 12.1 Å². The quantitative estimate of drug-likeness (QED) is 0.215. The van der Waals surface area contributed by atoms with E-state index in [2.05, 4.69) is 0 Å². The number of phenols is 2. The second kappa shape index (κ2) is 5.98. The van der Waals surface area contributed by atoms with Crippen LogP contribution in [0.1, 0.15) is 11.1 Å². The van der Waals surface area contributed by atoms with Crippen LogP contribution in [-0.2, 0) is 6.42 Å². The molecule has 0 aliphatic carbocycles. The molecular weight excluding hydrogens is 344 g/mol. The highest BCUT2D eigenvalue weighted by atomic mass is 16.5. The van der Waals surface area contributed by atoms with E-state index in [0.29, 0.717) is 39.1 Å². The fourth-order valence-corrected chi connectivity index (χ4v) is 2.62. The number of rotatable bonds is 2. The number of benzene rings is 2. The van der Waals surface area contributed by atoms with Crippen molar-refractivity contribution in [1.29, 1.82) is 0 Å². The van der Waals surface area contributed by atoms with Gasteiger partial charge < -0.3 is 26.4 Å². The number of nitrogens with two attached hydrogens (primary N) is 4. The summed E-state index contributed by atoms with van der Waals surface area (Å²) in [7, 11) is 0. The molecular formula is C15H16N6O5. The van der Waals surface area contributed by atoms with E-state index in [1.165, 1.54) is 24.3 Å². The van der Waals surface area contributed by atoms with Crippen LogP contribution in [0.3, 0.4) is 0 Å². The summed E-state index contributed by atoms with van der Waals surface area (Å²) >= 11 is 0. The largest absolute Gasteiger partial charge is 0.506 e. The number of amides is 4. The monoisotopic (exact) mass is 360 g/mol. The number of nitrogens with zero attached hydrogens (tertiary/aromatic N) is 2. The number of primary amides is 2. The fourth-order valence-electron chi connectivity index (χ4n) is 2.62. The standard InChI is InChI=1S/C15H16N6O5/c16-14(24)20(18)8-2-6-1-7-3-10(22)9(21(19)15(17)25)4-12(7)26-13(6)5-11(8)23/h2-5,22-23H,1,18-19H2,(H2,16,24)(H2,17,25). The first-order valence-electron chi connectivity index (χ1n) is 7.27. The minimum Gasteiger partial charge on any atom is -0.506 e. The molecule has 0 atom stereocenters. The third-order valence-corrected chi connectivity index (χ3v) is 3.91. The number of anilines is 2. The Morgan fingerprint density at radius 3 is 1.88 bits per heavy atom. The molecule has 0 bridgehead atoms. The first-order valence-corrected chi connectivity index (χ1v) is 7.27. The average molecular weight is 360 g/mol. The van der Waals surface area contributed by atoms with Crippen LogP contribution in [0.2, 0.25) is 0 Å². The molecule has 2 aromatic rings. The Morgan fingerprint density at radius 2 is 1.31 bits per heavy atom. The van der Waals surface area contributed by atoms with Crippen LogP contribution < -0.4 is 37.9 Å². The number of fused-ring (bicyclic) bond motifs is 2. The number of hydrogen-bond acceptors (Lipinski definition) is 7. The SMILES string of the molecule is NC(=O)N(N)c1cc2c(cc1O)Oc1cc(N(N)C(N)=O)c(O)cc1C2. The van der Waals surface area contributed by atoms with Gasteiger partial charge in [0.1, 0.15) is 34.4 Å². The molecule has 1 heterocycles. The average Bonchev–Trinajstić information content (AvgIpc) is 2.57. The van der Waals surface area contributed by atoms with E-state index in [-0.39, 0.29) is 22.9 Å². The summed E-state index contributed by atoms with van der Waals surface area (Å²) in [5, 5.41) is 21.3. The van der Waals surface area contributed by atoms with E-state index in [1.807, 2.05) is 0 Å². The molecule has 0 saturated heterocycles. The van der Waals surface area contributed by atoms with Gasteiger partial charge in [0.05, 0.1) is 0 Å². The molecule has 1 aliphatic heterocycles. The van der Waals surface area contributed by atoms with Crippen molar-refractivity contribution < 1.29 is 24.5 Å². The number of aromatic hydroxyl groups is 2. The van der Waals surface area contributed by atoms with Crippen molar-refractivity contribution in [3.63, 3.8) is 0 Å². The van der Waals surface area contributed by atoms with Crippen LogP contribution in [0.15, 0.2) is 24.3 Å². The Kier molecular flexibility index (Phi) is 3.94. The lowest BCUT2D eigenvalue weighted by Crippen LogP contribution is -2.41. The predicted molar refractivity (Wildman–Crippen MR) is 91.6 cm³/mol. The van der Waals surface area contributed by atoms with E-state index in [0.717, 1.165) is 0 Å². The summed E-state index contributed by atoms with van der Waals surface area (Å²) in [6.07, 6.45) is 0.291. The number of ether oxygens (including phenoxy) is 1. The van der Waals surface area contributed by atoms with Gasteiger partial charge in [-0.3, -0.25) is 0 Å². The van der Waals surface area contributed by atoms with Crippen molar-refractivity contribution in [2.24, 2.45) is 23.2 Å². The first kappa shape index (κ1) is 17.1. The van der Waals surface area contributed by atoms with Crippen LogP contribution in [0.4, 0.5) is 21.0 Å². The van der Waals surface area contributed by atoms with Gasteiger partial charge in [-0.2, -0.15) is 0 Å². The lowest BCUT2D eigenvalue weighted by atomic mass is 9.98. The Labute approximate surface area is 146 Å². The molecule has 136 valence electrons. The summed E-state index contributed by atoms with van der Waals surface area (Å²) in [6.45, 7) is 0. The third-order valence-electron chi connectivity index (χ3n) is 3.91. The molecule has 4 amide bonds. The summed E-state index contributed by atoms with van der Waals surface area (Å²) < 4.78 is 5.70. The van der Waals surface area contributed by atoms with Gasteiger partial charge in [-0.05, 0) is 12.1 Å². The molecule has 3 rings (SSSR count). The summed E-state index contributed by atoms with van der Waals surface area (Å²) in [6, 6.07) is 3.53. The summed E-state index contributed by atoms with van der Waals surface area (Å²) in [4.78, 5) is 22.4. The lowest BCUT2D eigenvalue weighted by Gasteiger charge is -2.25. The van der Waals surface area contributed by atoms with Crippen LogP contribution >= 0.6 is 0 Å². The van der Waals surface area contributed by atoms with Crippen molar-refractivity contribution in [3.05, 3.63) is 35.4 Å². The maximum atomic E-state index is 11.2. The number of phenolic OH excluding ortho intramolecular Hbond substituents is 2. The van der Waals surface area contributed by atoms with Crippen molar-refractivity contribution in [3.8, 4) is 23.0 Å². The van der Waals surface area contributed by atoms with Gasteiger partial charge in [0.25, 0.3) is 0 Å². The second-order valence-corrected chi connectivity index (χ2v) is 5.59. The molecule has 0 spiro atoms. The zero-order valence-corrected chi connectivity index (χ0v) is 13.3. The molecule has 0 fully saturated rings. The molecule has 10 N–H and O–H groups in total. The Morgan fingerprint density at radius 1 is 0.846 bits per heavy atom. The molecule has 0 radical (unpaired) electrons. The van der Waals surface area contributed by atoms with E-state index in [4.69, 9.17) is 27.9 Å². The molecule has 11 nitrogen and oxygen atoms in total. The number of carbonyl (C=O) groups excluding carboxylic acids is 2. The van der Waals surface area contributed by atoms with Crippen molar-refractivity contribution in [2.45, 2.75) is 6.42 Å². The van der Waals surface area contributed by atoms with Crippen molar-refractivity contribution in [2.75, 3.05) is 10.0 Å². The highest BCUT2D eigenvalue weighted by Gasteiger charge is 2.25. The zero-order chi connectivity index (χ0) is 19.2. The molecule has 26 heavy (non-hydrogen) atoms. The molecule has 2 aromatic carbocycles. The van der Waals surface area contributed by atoms with Crippen LogP contribution in [0, 0.1) is 0 Å². The minimum atomic E-state index is -0.965. The Hall–Kier alpha value is -3.70. The zero-order valence-electron chi connectivity index (χ0n) is 13.3. The van der Waals surface area contributed by atoms with E-state index in [9.17, 15) is 19.8 Å². The molecule has 0 saturated carbocycles. The Bertz CT molecular complexity index is 856. The molecule has 11 heteroatoms. The summed E-state index contributed by atoms with van der Waals surface area (Å²) in [5.74, 6) is 11.1. The van der Waals surface area contributed by atoms with Crippen molar-refractivity contribution in [1.82, 2.24) is 0 Å². The fraction of sp³-hybridized carbons (Fsp3) is 0.0667. The number of hydrogen-bond donors (Lipinski definition) is 6. The first-order chi connectivity index (χ1) is 12.2. The van der Waals surface area contributed by atoms with E-state index in [1.54, 1.807) is 0 Å². The van der Waals surface area contributed by atoms with Crippen LogP contribution in [0.25, 0.3) is 0 Å². The van der Waals surface area contributed by atoms with Gasteiger partial charge in [0.15, 0.2) is 0 Å². The van der Waals surface area contributed by atoms with Gasteiger partial charge in [-0.15, -0.1) is 0 Å². The van der Waals surface area contributed by atoms with Gasteiger partial charge in [-0.1, -0.05) is 0 Å². The lowest BCUT2D eigenvalue weighted by molar-refractivity contribution is 0.253. The normalized spacial score (nSPS) is 11.8.